The van der Waals surface area contributed by atoms with Crippen molar-refractivity contribution in [3.05, 3.63) is 48.0 Å². The van der Waals surface area contributed by atoms with Gasteiger partial charge in [-0.25, -0.2) is 4.98 Å². The summed E-state index contributed by atoms with van der Waals surface area (Å²) in [6, 6.07) is 3.96. The van der Waals surface area contributed by atoms with Crippen LogP contribution in [0.3, 0.4) is 0 Å². The van der Waals surface area contributed by atoms with Crippen molar-refractivity contribution in [2.45, 2.75) is 33.1 Å². The third-order valence-electron chi connectivity index (χ3n) is 6.68. The molecular weight excluding hydrogens is 499 g/mol. The second kappa shape index (κ2) is 12.7. The van der Waals surface area contributed by atoms with Gasteiger partial charge in [-0.2, -0.15) is 13.2 Å². The van der Waals surface area contributed by atoms with E-state index in [0.717, 1.165) is 66.1 Å². The summed E-state index contributed by atoms with van der Waals surface area (Å²) in [5.41, 5.74) is 4.19. The topological polar surface area (TPSA) is 92.4 Å². The zero-order chi connectivity index (χ0) is 27.1. The molecule has 8 nitrogen and oxygen atoms in total. The molecule has 1 saturated heterocycles. The first kappa shape index (κ1) is 28.0. The number of H-pyrrole nitrogens is 1. The van der Waals surface area contributed by atoms with E-state index in [1.807, 2.05) is 37.5 Å². The lowest BCUT2D eigenvalue weighted by atomic mass is 9.88. The van der Waals surface area contributed by atoms with Gasteiger partial charge in [-0.15, -0.1) is 0 Å². The number of pyridine rings is 2. The number of morpholine rings is 1. The van der Waals surface area contributed by atoms with Crippen molar-refractivity contribution in [1.29, 1.82) is 0 Å². The number of amides is 1. The van der Waals surface area contributed by atoms with E-state index in [2.05, 4.69) is 19.9 Å². The van der Waals surface area contributed by atoms with Crippen LogP contribution in [0.25, 0.3) is 22.2 Å². The first-order valence-electron chi connectivity index (χ1n) is 12.8. The van der Waals surface area contributed by atoms with E-state index in [9.17, 15) is 18.0 Å². The highest BCUT2D eigenvalue weighted by Gasteiger charge is 2.30. The summed E-state index contributed by atoms with van der Waals surface area (Å²) >= 11 is 0. The zero-order valence-electron chi connectivity index (χ0n) is 21.7. The minimum atomic E-state index is -4.45. The lowest BCUT2D eigenvalue weighted by Gasteiger charge is -2.26. The highest BCUT2D eigenvalue weighted by molar-refractivity contribution is 5.93. The number of fused-ring (bicyclic) bond motifs is 1. The van der Waals surface area contributed by atoms with Gasteiger partial charge in [-0.3, -0.25) is 14.7 Å². The molecule has 3 aromatic rings. The number of carbonyl (C=O) groups is 1. The Hall–Kier alpha value is -3.02. The van der Waals surface area contributed by atoms with E-state index in [1.54, 1.807) is 18.6 Å². The Bertz CT molecular complexity index is 1210. The van der Waals surface area contributed by atoms with Gasteiger partial charge in [0.05, 0.1) is 26.4 Å². The van der Waals surface area contributed by atoms with E-state index in [0.29, 0.717) is 13.2 Å². The van der Waals surface area contributed by atoms with E-state index < -0.39 is 24.5 Å². The van der Waals surface area contributed by atoms with Crippen LogP contribution in [-0.2, 0) is 27.3 Å². The third-order valence-corrected chi connectivity index (χ3v) is 6.68. The lowest BCUT2D eigenvalue weighted by molar-refractivity contribution is -0.141. The predicted octanol–water partition coefficient (Wildman–Crippen LogP) is 3.97. The second-order valence-electron chi connectivity index (χ2n) is 9.92. The van der Waals surface area contributed by atoms with Crippen LogP contribution in [0.2, 0.25) is 0 Å². The zero-order valence-corrected chi connectivity index (χ0v) is 21.7. The van der Waals surface area contributed by atoms with Gasteiger partial charge in [0, 0.05) is 66.9 Å². The van der Waals surface area contributed by atoms with Crippen LogP contribution in [0, 0.1) is 11.8 Å². The minimum Gasteiger partial charge on any atom is -0.379 e. The molecule has 11 heteroatoms. The molecule has 1 atom stereocenters. The van der Waals surface area contributed by atoms with Crippen LogP contribution in [0.5, 0.6) is 0 Å². The number of nitrogens with zero attached hydrogens (tertiary/aromatic N) is 3. The monoisotopic (exact) mass is 533 g/mol. The van der Waals surface area contributed by atoms with Crippen molar-refractivity contribution in [3.63, 3.8) is 0 Å². The van der Waals surface area contributed by atoms with Crippen molar-refractivity contribution in [2.75, 3.05) is 46.0 Å². The van der Waals surface area contributed by atoms with Crippen LogP contribution in [0.1, 0.15) is 25.0 Å². The molecule has 0 unspecified atom stereocenters. The maximum Gasteiger partial charge on any atom is 0.405 e. The van der Waals surface area contributed by atoms with E-state index in [-0.39, 0.29) is 12.3 Å². The maximum atomic E-state index is 12.6. The fourth-order valence-corrected chi connectivity index (χ4v) is 4.52. The third kappa shape index (κ3) is 7.75. The molecule has 1 aliphatic rings. The molecule has 2 N–H and O–H groups in total. The van der Waals surface area contributed by atoms with E-state index in [4.69, 9.17) is 9.47 Å². The molecule has 0 aromatic carbocycles. The van der Waals surface area contributed by atoms with Gasteiger partial charge in [-0.05, 0) is 35.6 Å². The Balaban J connectivity index is 1.43. The summed E-state index contributed by atoms with van der Waals surface area (Å²) in [6.07, 6.45) is 2.86. The first-order chi connectivity index (χ1) is 18.2. The number of carbonyl (C=O) groups excluding carboxylic acids is 1. The molecule has 1 aliphatic heterocycles. The number of hydrogen-bond acceptors (Lipinski definition) is 6. The number of aromatic nitrogens is 3. The number of ether oxygens (including phenoxy) is 2. The molecule has 0 radical (unpaired) electrons. The number of halogens is 3. The van der Waals surface area contributed by atoms with Gasteiger partial charge in [0.2, 0.25) is 5.91 Å². The Morgan fingerprint density at radius 2 is 1.97 bits per heavy atom. The summed E-state index contributed by atoms with van der Waals surface area (Å²) in [6.45, 7) is 7.60. The second-order valence-corrected chi connectivity index (χ2v) is 9.92. The first-order valence-corrected chi connectivity index (χ1v) is 12.8. The Labute approximate surface area is 219 Å². The Morgan fingerprint density at radius 3 is 2.71 bits per heavy atom. The van der Waals surface area contributed by atoms with Gasteiger partial charge in [-0.1, -0.05) is 13.8 Å². The van der Waals surface area contributed by atoms with Gasteiger partial charge in [0.1, 0.15) is 12.2 Å². The summed E-state index contributed by atoms with van der Waals surface area (Å²) in [7, 11) is 0. The molecule has 4 rings (SSSR count). The predicted molar refractivity (Wildman–Crippen MR) is 137 cm³/mol. The molecule has 4 heterocycles. The van der Waals surface area contributed by atoms with Gasteiger partial charge >= 0.3 is 6.18 Å². The van der Waals surface area contributed by atoms with E-state index in [1.165, 1.54) is 0 Å². The minimum absolute atomic E-state index is 0.144. The molecule has 0 bridgehead atoms. The molecule has 0 spiro atoms. The summed E-state index contributed by atoms with van der Waals surface area (Å²) in [5, 5.41) is 2.94. The lowest BCUT2D eigenvalue weighted by Crippen LogP contribution is -2.40. The largest absolute Gasteiger partial charge is 0.405 e. The SMILES string of the molecule is CC(C)[C@@H](Cc1cncc(-c2c[nH]c3ncc(COCCN4CCOCC4)cc23)c1)C(=O)NCC(F)(F)F. The van der Waals surface area contributed by atoms with Crippen LogP contribution in [0.15, 0.2) is 36.9 Å². The number of aromatic amines is 1. The summed E-state index contributed by atoms with van der Waals surface area (Å²) in [5.74, 6) is -1.37. The quantitative estimate of drug-likeness (QED) is 0.363. The molecular formula is C27H34F3N5O3. The van der Waals surface area contributed by atoms with Crippen LogP contribution in [-0.4, -0.2) is 77.9 Å². The molecule has 206 valence electrons. The molecule has 38 heavy (non-hydrogen) atoms. The van der Waals surface area contributed by atoms with Crippen LogP contribution >= 0.6 is 0 Å². The number of nitrogens with one attached hydrogen (secondary N) is 2. The van der Waals surface area contributed by atoms with E-state index >= 15 is 0 Å². The Kier molecular flexibility index (Phi) is 9.35. The molecule has 0 saturated carbocycles. The smallest absolute Gasteiger partial charge is 0.379 e. The standard InChI is InChI=1S/C27H34F3N5O3/c1-18(2)22(26(36)34-17-27(28,29)30)10-19-9-21(14-31-12-19)24-15-33-25-23(24)11-20(13-32-25)16-38-8-5-35-3-6-37-7-4-35/h9,11-15,18,22H,3-8,10,16-17H2,1-2H3,(H,32,33)(H,34,36)/t22-/m1/s1. The average molecular weight is 534 g/mol. The average Bonchev–Trinajstić information content (AvgIpc) is 3.32. The molecule has 3 aromatic heterocycles. The Morgan fingerprint density at radius 1 is 1.18 bits per heavy atom. The fraction of sp³-hybridized carbons (Fsp3) is 0.519. The van der Waals surface area contributed by atoms with Gasteiger partial charge < -0.3 is 19.8 Å². The van der Waals surface area contributed by atoms with Crippen molar-refractivity contribution in [1.82, 2.24) is 25.2 Å². The van der Waals surface area contributed by atoms with Crippen molar-refractivity contribution in [3.8, 4) is 11.1 Å². The number of rotatable bonds is 11. The van der Waals surface area contributed by atoms with Crippen molar-refractivity contribution < 1.29 is 27.4 Å². The van der Waals surface area contributed by atoms with Crippen LogP contribution in [0.4, 0.5) is 13.2 Å². The van der Waals surface area contributed by atoms with Gasteiger partial charge in [0.25, 0.3) is 0 Å². The van der Waals surface area contributed by atoms with Crippen LogP contribution < -0.4 is 5.32 Å². The van der Waals surface area contributed by atoms with Gasteiger partial charge in [0.15, 0.2) is 0 Å². The highest BCUT2D eigenvalue weighted by atomic mass is 19.4. The number of alkyl halides is 3. The normalized spacial score (nSPS) is 15.7. The molecule has 1 amide bonds. The molecule has 1 fully saturated rings. The maximum absolute atomic E-state index is 12.6. The summed E-state index contributed by atoms with van der Waals surface area (Å²) < 4.78 is 49.0. The van der Waals surface area contributed by atoms with Crippen molar-refractivity contribution in [2.24, 2.45) is 11.8 Å². The highest BCUT2D eigenvalue weighted by Crippen LogP contribution is 2.29. The number of hydrogen-bond donors (Lipinski definition) is 2. The molecule has 0 aliphatic carbocycles. The van der Waals surface area contributed by atoms with Crippen molar-refractivity contribution >= 4 is 16.9 Å². The summed E-state index contributed by atoms with van der Waals surface area (Å²) in [4.78, 5) is 26.9. The fourth-order valence-electron chi connectivity index (χ4n) is 4.52.